The molecule has 0 fully saturated rings. The fraction of sp³-hybridized carbons (Fsp3) is 0.533. The second-order valence-electron chi connectivity index (χ2n) is 4.80. The van der Waals surface area contributed by atoms with Crippen LogP contribution >= 0.6 is 12.4 Å². The highest BCUT2D eigenvalue weighted by Crippen LogP contribution is 2.35. The molecule has 2 rings (SSSR count). The van der Waals surface area contributed by atoms with Crippen molar-refractivity contribution in [3.05, 3.63) is 29.3 Å². The van der Waals surface area contributed by atoms with Crippen molar-refractivity contribution in [2.75, 3.05) is 20.2 Å². The average Bonchev–Trinajstić information content (AvgIpc) is 2.45. The molecule has 0 bridgehead atoms. The van der Waals surface area contributed by atoms with Gasteiger partial charge in [-0.05, 0) is 19.0 Å². The zero-order valence-electron chi connectivity index (χ0n) is 12.1. The maximum atomic E-state index is 11.8. The van der Waals surface area contributed by atoms with E-state index in [1.165, 1.54) is 5.56 Å². The van der Waals surface area contributed by atoms with Crippen LogP contribution in [0.15, 0.2) is 18.2 Å². The Labute approximate surface area is 126 Å². The molecule has 1 aromatic rings. The third-order valence-corrected chi connectivity index (χ3v) is 3.47. The van der Waals surface area contributed by atoms with E-state index in [4.69, 9.17) is 4.74 Å². The van der Waals surface area contributed by atoms with Crippen LogP contribution in [-0.2, 0) is 11.2 Å². The van der Waals surface area contributed by atoms with Gasteiger partial charge in [0.1, 0.15) is 5.75 Å². The minimum absolute atomic E-state index is 0. The summed E-state index contributed by atoms with van der Waals surface area (Å²) in [6.45, 7) is 3.49. The molecule has 0 saturated heterocycles. The van der Waals surface area contributed by atoms with Gasteiger partial charge in [0, 0.05) is 24.9 Å². The van der Waals surface area contributed by atoms with Crippen molar-refractivity contribution in [2.45, 2.75) is 32.2 Å². The molecule has 0 aromatic heterocycles. The predicted octanol–water partition coefficient (Wildman–Crippen LogP) is 2.22. The number of benzene rings is 1. The molecule has 1 aliphatic rings. The Bertz CT molecular complexity index is 451. The molecule has 1 heterocycles. The monoisotopic (exact) mass is 298 g/mol. The van der Waals surface area contributed by atoms with Gasteiger partial charge in [0.05, 0.1) is 12.6 Å². The van der Waals surface area contributed by atoms with Crippen LogP contribution in [0, 0.1) is 0 Å². The van der Waals surface area contributed by atoms with Gasteiger partial charge in [-0.2, -0.15) is 0 Å². The van der Waals surface area contributed by atoms with Gasteiger partial charge in [-0.1, -0.05) is 25.1 Å². The molecule has 2 N–H and O–H groups in total. The Morgan fingerprint density at radius 1 is 1.45 bits per heavy atom. The quantitative estimate of drug-likeness (QED) is 0.876. The van der Waals surface area contributed by atoms with Crippen molar-refractivity contribution in [3.8, 4) is 5.75 Å². The Hall–Kier alpha value is -1.26. The predicted molar refractivity (Wildman–Crippen MR) is 82.6 cm³/mol. The number of fused-ring (bicyclic) bond motifs is 1. The Morgan fingerprint density at radius 3 is 2.95 bits per heavy atom. The van der Waals surface area contributed by atoms with E-state index in [9.17, 15) is 4.79 Å². The van der Waals surface area contributed by atoms with Crippen molar-refractivity contribution in [2.24, 2.45) is 0 Å². The molecule has 5 heteroatoms. The number of carbonyl (C=O) groups is 1. The number of rotatable bonds is 5. The second kappa shape index (κ2) is 8.12. The summed E-state index contributed by atoms with van der Waals surface area (Å²) in [7, 11) is 1.85. The molecular formula is C15H23ClN2O2. The average molecular weight is 299 g/mol. The molecule has 0 aliphatic carbocycles. The summed E-state index contributed by atoms with van der Waals surface area (Å²) in [6, 6.07) is 6.26. The number of amides is 1. The van der Waals surface area contributed by atoms with Gasteiger partial charge in [0.2, 0.25) is 5.91 Å². The number of ether oxygens (including phenoxy) is 1. The maximum Gasteiger partial charge on any atom is 0.221 e. The minimum Gasteiger partial charge on any atom is -0.493 e. The van der Waals surface area contributed by atoms with Gasteiger partial charge in [0.15, 0.2) is 0 Å². The van der Waals surface area contributed by atoms with Crippen LogP contribution in [0.25, 0.3) is 0 Å². The van der Waals surface area contributed by atoms with E-state index >= 15 is 0 Å². The van der Waals surface area contributed by atoms with Crippen molar-refractivity contribution < 1.29 is 9.53 Å². The standard InChI is InChI=1S/C15H22N2O2.ClH/c1-3-11-5-4-6-12-13(8-10-19-15(11)12)17-14(18)7-9-16-2;/h4-6,13,16H,3,7-10H2,1-2H3,(H,17,18);1H. The largest absolute Gasteiger partial charge is 0.493 e. The van der Waals surface area contributed by atoms with Gasteiger partial charge >= 0.3 is 0 Å². The van der Waals surface area contributed by atoms with E-state index in [-0.39, 0.29) is 24.4 Å². The summed E-state index contributed by atoms with van der Waals surface area (Å²) in [6.07, 6.45) is 2.30. The first-order valence-corrected chi connectivity index (χ1v) is 6.94. The molecule has 20 heavy (non-hydrogen) atoms. The van der Waals surface area contributed by atoms with Crippen LogP contribution in [0.5, 0.6) is 5.75 Å². The number of hydrogen-bond acceptors (Lipinski definition) is 3. The van der Waals surface area contributed by atoms with Gasteiger partial charge in [-0.3, -0.25) is 4.79 Å². The smallest absolute Gasteiger partial charge is 0.221 e. The Kier molecular flexibility index (Phi) is 6.82. The highest BCUT2D eigenvalue weighted by atomic mass is 35.5. The summed E-state index contributed by atoms with van der Waals surface area (Å²) >= 11 is 0. The first-order valence-electron chi connectivity index (χ1n) is 6.94. The van der Waals surface area contributed by atoms with Crippen molar-refractivity contribution in [1.82, 2.24) is 10.6 Å². The molecular weight excluding hydrogens is 276 g/mol. The van der Waals surface area contributed by atoms with E-state index < -0.39 is 0 Å². The maximum absolute atomic E-state index is 11.8. The summed E-state index contributed by atoms with van der Waals surface area (Å²) in [5.74, 6) is 1.06. The molecule has 1 unspecified atom stereocenters. The number of aryl methyl sites for hydroxylation is 1. The Balaban J connectivity index is 0.00000200. The second-order valence-corrected chi connectivity index (χ2v) is 4.80. The van der Waals surface area contributed by atoms with Crippen LogP contribution in [0.4, 0.5) is 0 Å². The number of carbonyl (C=O) groups excluding carboxylic acids is 1. The van der Waals surface area contributed by atoms with E-state index in [2.05, 4.69) is 29.7 Å². The molecule has 1 atom stereocenters. The number of hydrogen-bond donors (Lipinski definition) is 2. The lowest BCUT2D eigenvalue weighted by Crippen LogP contribution is -2.33. The first kappa shape index (κ1) is 16.8. The zero-order chi connectivity index (χ0) is 13.7. The molecule has 0 spiro atoms. The fourth-order valence-corrected chi connectivity index (χ4v) is 2.42. The third-order valence-electron chi connectivity index (χ3n) is 3.47. The molecule has 1 aromatic carbocycles. The summed E-state index contributed by atoms with van der Waals surface area (Å²) < 4.78 is 5.77. The number of nitrogens with one attached hydrogen (secondary N) is 2. The third kappa shape index (κ3) is 3.87. The fourth-order valence-electron chi connectivity index (χ4n) is 2.42. The van der Waals surface area contributed by atoms with E-state index in [1.54, 1.807) is 0 Å². The van der Waals surface area contributed by atoms with Crippen LogP contribution in [-0.4, -0.2) is 26.1 Å². The van der Waals surface area contributed by atoms with Crippen molar-refractivity contribution in [1.29, 1.82) is 0 Å². The van der Waals surface area contributed by atoms with Crippen LogP contribution in [0.2, 0.25) is 0 Å². The molecule has 112 valence electrons. The highest BCUT2D eigenvalue weighted by molar-refractivity contribution is 5.85. The topological polar surface area (TPSA) is 50.4 Å². The molecule has 0 saturated carbocycles. The minimum atomic E-state index is 0. The lowest BCUT2D eigenvalue weighted by molar-refractivity contribution is -0.121. The molecule has 4 nitrogen and oxygen atoms in total. The molecule has 0 radical (unpaired) electrons. The van der Waals surface area contributed by atoms with Gasteiger partial charge in [-0.25, -0.2) is 0 Å². The van der Waals surface area contributed by atoms with Crippen LogP contribution in [0.3, 0.4) is 0 Å². The number of para-hydroxylation sites is 1. The summed E-state index contributed by atoms with van der Waals surface area (Å²) in [5, 5.41) is 6.09. The van der Waals surface area contributed by atoms with Crippen molar-refractivity contribution >= 4 is 18.3 Å². The molecule has 1 amide bonds. The van der Waals surface area contributed by atoms with Crippen LogP contribution in [0.1, 0.15) is 36.9 Å². The Morgan fingerprint density at radius 2 is 2.25 bits per heavy atom. The zero-order valence-corrected chi connectivity index (χ0v) is 12.9. The lowest BCUT2D eigenvalue weighted by Gasteiger charge is -2.28. The normalized spacial score (nSPS) is 16.6. The molecule has 1 aliphatic heterocycles. The lowest BCUT2D eigenvalue weighted by atomic mass is 9.96. The summed E-state index contributed by atoms with van der Waals surface area (Å²) in [5.41, 5.74) is 2.33. The number of halogens is 1. The van der Waals surface area contributed by atoms with Crippen LogP contribution < -0.4 is 15.4 Å². The van der Waals surface area contributed by atoms with E-state index in [1.807, 2.05) is 13.1 Å². The van der Waals surface area contributed by atoms with E-state index in [0.717, 1.165) is 24.2 Å². The first-order chi connectivity index (χ1) is 9.26. The van der Waals surface area contributed by atoms with E-state index in [0.29, 0.717) is 19.6 Å². The highest BCUT2D eigenvalue weighted by Gasteiger charge is 2.24. The summed E-state index contributed by atoms with van der Waals surface area (Å²) in [4.78, 5) is 11.8. The van der Waals surface area contributed by atoms with Gasteiger partial charge in [-0.15, -0.1) is 12.4 Å². The van der Waals surface area contributed by atoms with Gasteiger partial charge < -0.3 is 15.4 Å². The SMILES string of the molecule is CCc1cccc2c1OCCC2NC(=O)CCNC.Cl. The van der Waals surface area contributed by atoms with Crippen molar-refractivity contribution in [3.63, 3.8) is 0 Å². The van der Waals surface area contributed by atoms with Gasteiger partial charge in [0.25, 0.3) is 0 Å².